The van der Waals surface area contributed by atoms with Gasteiger partial charge in [0, 0.05) is 30.7 Å². The van der Waals surface area contributed by atoms with Crippen molar-refractivity contribution < 1.29 is 13.5 Å². The van der Waals surface area contributed by atoms with Gasteiger partial charge in [-0.1, -0.05) is 25.1 Å². The molecule has 0 bridgehead atoms. The second kappa shape index (κ2) is 6.50. The van der Waals surface area contributed by atoms with Crippen LogP contribution in [0.1, 0.15) is 31.9 Å². The number of nitrogens with two attached hydrogens (primary N) is 1. The molecule has 0 saturated carbocycles. The van der Waals surface area contributed by atoms with E-state index < -0.39 is 6.61 Å². The number of benzene rings is 1. The molecule has 2 rings (SSSR count). The highest BCUT2D eigenvalue weighted by Gasteiger charge is 2.27. The molecule has 0 amide bonds. The molecule has 1 aliphatic rings. The number of halogens is 2. The highest BCUT2D eigenvalue weighted by atomic mass is 19.3. The lowest BCUT2D eigenvalue weighted by atomic mass is 9.94. The summed E-state index contributed by atoms with van der Waals surface area (Å²) in [5.41, 5.74) is 6.84. The largest absolute Gasteiger partial charge is 0.434 e. The van der Waals surface area contributed by atoms with Crippen molar-refractivity contribution in [3.05, 3.63) is 29.8 Å². The number of hydrogen-bond donors (Lipinski definition) is 1. The van der Waals surface area contributed by atoms with Crippen molar-refractivity contribution in [3.8, 4) is 5.75 Å². The molecule has 1 saturated heterocycles. The lowest BCUT2D eigenvalue weighted by Gasteiger charge is -2.39. The topological polar surface area (TPSA) is 38.5 Å². The van der Waals surface area contributed by atoms with Crippen LogP contribution in [-0.2, 0) is 0 Å². The summed E-state index contributed by atoms with van der Waals surface area (Å²) in [6.07, 6.45) is 1.01. The van der Waals surface area contributed by atoms with Gasteiger partial charge in [0.15, 0.2) is 0 Å². The average Bonchev–Trinajstić information content (AvgIpc) is 2.36. The Morgan fingerprint density at radius 1 is 1.30 bits per heavy atom. The van der Waals surface area contributed by atoms with E-state index in [-0.39, 0.29) is 17.8 Å². The van der Waals surface area contributed by atoms with E-state index >= 15 is 0 Å². The van der Waals surface area contributed by atoms with Gasteiger partial charge in [-0.25, -0.2) is 0 Å². The van der Waals surface area contributed by atoms with E-state index in [0.717, 1.165) is 25.1 Å². The number of alkyl halides is 2. The Kier molecular flexibility index (Phi) is 4.94. The summed E-state index contributed by atoms with van der Waals surface area (Å²) in [4.78, 5) is 2.24. The molecule has 3 atom stereocenters. The number of nitrogens with zero attached hydrogens (tertiary/aromatic N) is 1. The van der Waals surface area contributed by atoms with Crippen LogP contribution in [0, 0.1) is 5.92 Å². The van der Waals surface area contributed by atoms with Gasteiger partial charge in [-0.2, -0.15) is 8.78 Å². The molecule has 3 unspecified atom stereocenters. The van der Waals surface area contributed by atoms with Gasteiger partial charge in [0.2, 0.25) is 0 Å². The molecule has 20 heavy (non-hydrogen) atoms. The smallest absolute Gasteiger partial charge is 0.387 e. The summed E-state index contributed by atoms with van der Waals surface area (Å²) in [6.45, 7) is 3.09. The Labute approximate surface area is 118 Å². The number of hydrogen-bond acceptors (Lipinski definition) is 3. The summed E-state index contributed by atoms with van der Waals surface area (Å²) in [5.74, 6) is 0.770. The van der Waals surface area contributed by atoms with Crippen molar-refractivity contribution in [2.24, 2.45) is 11.7 Å². The third-order valence-corrected chi connectivity index (χ3v) is 3.85. The number of likely N-dealkylation sites (tertiary alicyclic amines) is 1. The van der Waals surface area contributed by atoms with E-state index in [2.05, 4.69) is 16.6 Å². The van der Waals surface area contributed by atoms with Gasteiger partial charge in [-0.3, -0.25) is 4.90 Å². The molecule has 2 N–H and O–H groups in total. The molecule has 112 valence electrons. The van der Waals surface area contributed by atoms with Crippen LogP contribution in [-0.4, -0.2) is 30.6 Å². The Hall–Kier alpha value is -1.20. The first-order chi connectivity index (χ1) is 9.47. The first-order valence-electron chi connectivity index (χ1n) is 7.00. The van der Waals surface area contributed by atoms with Crippen LogP contribution in [0.15, 0.2) is 24.3 Å². The van der Waals surface area contributed by atoms with Gasteiger partial charge >= 0.3 is 6.61 Å². The molecule has 1 heterocycles. The van der Waals surface area contributed by atoms with Crippen LogP contribution >= 0.6 is 0 Å². The molecule has 5 heteroatoms. The van der Waals surface area contributed by atoms with Gasteiger partial charge in [0.1, 0.15) is 5.75 Å². The summed E-state index contributed by atoms with van der Waals surface area (Å²) in [7, 11) is 0. The highest BCUT2D eigenvalue weighted by molar-refractivity contribution is 5.35. The molecule has 1 aliphatic heterocycles. The van der Waals surface area contributed by atoms with Crippen LogP contribution in [0.2, 0.25) is 0 Å². The van der Waals surface area contributed by atoms with Crippen molar-refractivity contribution >= 4 is 0 Å². The fourth-order valence-corrected chi connectivity index (χ4v) is 2.98. The summed E-state index contributed by atoms with van der Waals surface area (Å²) < 4.78 is 29.6. The summed E-state index contributed by atoms with van der Waals surface area (Å²) in [5, 5.41) is 0. The lowest BCUT2D eigenvalue weighted by molar-refractivity contribution is -0.0513. The van der Waals surface area contributed by atoms with Gasteiger partial charge < -0.3 is 10.5 Å². The number of para-hydroxylation sites is 1. The van der Waals surface area contributed by atoms with Crippen molar-refractivity contribution in [2.45, 2.75) is 39.0 Å². The van der Waals surface area contributed by atoms with Crippen LogP contribution < -0.4 is 10.5 Å². The second-order valence-corrected chi connectivity index (χ2v) is 5.65. The van der Waals surface area contributed by atoms with Crippen LogP contribution in [0.3, 0.4) is 0 Å². The van der Waals surface area contributed by atoms with Crippen molar-refractivity contribution in [1.82, 2.24) is 4.90 Å². The van der Waals surface area contributed by atoms with Gasteiger partial charge in [-0.15, -0.1) is 0 Å². The lowest BCUT2D eigenvalue weighted by Crippen LogP contribution is -2.47. The van der Waals surface area contributed by atoms with E-state index in [4.69, 9.17) is 5.73 Å². The number of piperidine rings is 1. The van der Waals surface area contributed by atoms with Crippen molar-refractivity contribution in [2.75, 3.05) is 13.1 Å². The fraction of sp³-hybridized carbons (Fsp3) is 0.600. The predicted octanol–water partition coefficient (Wildman–Crippen LogP) is 3.02. The first-order valence-corrected chi connectivity index (χ1v) is 7.00. The van der Waals surface area contributed by atoms with Crippen molar-refractivity contribution in [1.29, 1.82) is 0 Å². The molecular weight excluding hydrogens is 262 g/mol. The third kappa shape index (κ3) is 3.67. The normalized spacial score (nSPS) is 25.7. The van der Waals surface area contributed by atoms with E-state index in [1.807, 2.05) is 19.1 Å². The molecule has 0 aliphatic carbocycles. The standard InChI is InChI=1S/C15H22F2N2O/c1-10-7-12(18)9-19(8-10)11(2)13-5-3-4-6-14(13)20-15(16)17/h3-6,10-12,15H,7-9,18H2,1-2H3. The second-order valence-electron chi connectivity index (χ2n) is 5.65. The minimum atomic E-state index is -2.80. The fourth-order valence-electron chi connectivity index (χ4n) is 2.98. The maximum atomic E-state index is 12.5. The maximum Gasteiger partial charge on any atom is 0.387 e. The molecular formula is C15H22F2N2O. The van der Waals surface area contributed by atoms with Crippen LogP contribution in [0.5, 0.6) is 5.75 Å². The Morgan fingerprint density at radius 3 is 2.65 bits per heavy atom. The van der Waals surface area contributed by atoms with E-state index in [9.17, 15) is 8.78 Å². The average molecular weight is 284 g/mol. The summed E-state index contributed by atoms with van der Waals surface area (Å²) in [6, 6.07) is 7.14. The molecule has 3 nitrogen and oxygen atoms in total. The Balaban J connectivity index is 2.17. The molecule has 0 spiro atoms. The Bertz CT molecular complexity index is 432. The molecule has 1 fully saturated rings. The molecule has 0 aromatic heterocycles. The van der Waals surface area contributed by atoms with Crippen LogP contribution in [0.4, 0.5) is 8.78 Å². The van der Waals surface area contributed by atoms with Gasteiger partial charge in [-0.05, 0) is 25.3 Å². The van der Waals surface area contributed by atoms with Gasteiger partial charge in [0.25, 0.3) is 0 Å². The zero-order chi connectivity index (χ0) is 14.7. The monoisotopic (exact) mass is 284 g/mol. The van der Waals surface area contributed by atoms with E-state index in [0.29, 0.717) is 5.92 Å². The maximum absolute atomic E-state index is 12.5. The van der Waals surface area contributed by atoms with Gasteiger partial charge in [0.05, 0.1) is 0 Å². The number of ether oxygens (including phenoxy) is 1. The number of rotatable bonds is 4. The first kappa shape index (κ1) is 15.2. The molecule has 1 aromatic carbocycles. The minimum Gasteiger partial charge on any atom is -0.434 e. The summed E-state index contributed by atoms with van der Waals surface area (Å²) >= 11 is 0. The van der Waals surface area contributed by atoms with Crippen LogP contribution in [0.25, 0.3) is 0 Å². The zero-order valence-corrected chi connectivity index (χ0v) is 11.9. The van der Waals surface area contributed by atoms with E-state index in [1.54, 1.807) is 12.1 Å². The van der Waals surface area contributed by atoms with Crippen molar-refractivity contribution in [3.63, 3.8) is 0 Å². The zero-order valence-electron chi connectivity index (χ0n) is 11.9. The predicted molar refractivity (Wildman–Crippen MR) is 74.8 cm³/mol. The quantitative estimate of drug-likeness (QED) is 0.923. The molecule has 1 aromatic rings. The Morgan fingerprint density at radius 2 is 2.00 bits per heavy atom. The third-order valence-electron chi connectivity index (χ3n) is 3.85. The minimum absolute atomic E-state index is 0.0127. The SMILES string of the molecule is CC1CC(N)CN(C(C)c2ccccc2OC(F)F)C1. The van der Waals surface area contributed by atoms with E-state index in [1.165, 1.54) is 0 Å². The molecule has 0 radical (unpaired) electrons. The highest BCUT2D eigenvalue weighted by Crippen LogP contribution is 2.32.